The van der Waals surface area contributed by atoms with E-state index in [0.29, 0.717) is 22.3 Å². The third-order valence-corrected chi connectivity index (χ3v) is 5.28. The van der Waals surface area contributed by atoms with Crippen molar-refractivity contribution in [2.45, 2.75) is 26.3 Å². The van der Waals surface area contributed by atoms with Gasteiger partial charge in [0.1, 0.15) is 6.04 Å². The quantitative estimate of drug-likeness (QED) is 0.590. The number of nitrogens with one attached hydrogen (secondary N) is 1. The first-order chi connectivity index (χ1) is 13.5. The van der Waals surface area contributed by atoms with Crippen molar-refractivity contribution in [3.63, 3.8) is 0 Å². The number of methoxy groups -OCH3 is 1. The molecule has 0 aliphatic carbocycles. The Balaban J connectivity index is 1.90. The van der Waals surface area contributed by atoms with Gasteiger partial charge in [-0.1, -0.05) is 55.5 Å². The van der Waals surface area contributed by atoms with Crippen molar-refractivity contribution in [3.05, 3.63) is 60.6 Å². The van der Waals surface area contributed by atoms with Crippen molar-refractivity contribution >= 4 is 28.3 Å². The van der Waals surface area contributed by atoms with Crippen molar-refractivity contribution < 1.29 is 14.3 Å². The fraction of sp³-hybridized carbons (Fsp3) is 0.286. The molecule has 2 heterocycles. The van der Waals surface area contributed by atoms with Gasteiger partial charge in [-0.3, -0.25) is 4.79 Å². The van der Waals surface area contributed by atoms with Crippen molar-refractivity contribution in [2.24, 2.45) is 5.92 Å². The van der Waals surface area contributed by atoms with Crippen LogP contribution in [0.1, 0.15) is 36.8 Å². The molecule has 0 saturated carbocycles. The molecule has 1 unspecified atom stereocenters. The van der Waals surface area contributed by atoms with E-state index in [1.807, 2.05) is 59.4 Å². The van der Waals surface area contributed by atoms with Crippen LogP contribution in [0.4, 0.5) is 5.13 Å². The highest BCUT2D eigenvalue weighted by molar-refractivity contribution is 7.19. The molecule has 0 spiro atoms. The zero-order valence-electron chi connectivity index (χ0n) is 16.1. The Morgan fingerprint density at radius 1 is 1.14 bits per heavy atom. The van der Waals surface area contributed by atoms with Crippen molar-refractivity contribution in [2.75, 3.05) is 12.4 Å². The monoisotopic (exact) mass is 397 g/mol. The van der Waals surface area contributed by atoms with Gasteiger partial charge in [-0.05, 0) is 30.0 Å². The van der Waals surface area contributed by atoms with Gasteiger partial charge >= 0.3 is 5.97 Å². The predicted octanol–water partition coefficient (Wildman–Crippen LogP) is 4.62. The van der Waals surface area contributed by atoms with Gasteiger partial charge in [-0.15, -0.1) is 0 Å². The van der Waals surface area contributed by atoms with Gasteiger partial charge in [0.25, 0.3) is 0 Å². The number of carbonyl (C=O) groups is 2. The SMILES string of the molecule is COC(=O)c1nc(NC(=O)C(CC(C)C)n2cccc2)sc1-c1ccccc1. The third kappa shape index (κ3) is 4.48. The Morgan fingerprint density at radius 3 is 2.43 bits per heavy atom. The first-order valence-electron chi connectivity index (χ1n) is 9.07. The number of ether oxygens (including phenoxy) is 1. The molecule has 2 aromatic heterocycles. The normalized spacial score (nSPS) is 12.0. The number of hydrogen-bond acceptors (Lipinski definition) is 5. The Hall–Kier alpha value is -2.93. The lowest BCUT2D eigenvalue weighted by Gasteiger charge is -2.19. The van der Waals surface area contributed by atoms with Gasteiger partial charge in [-0.25, -0.2) is 9.78 Å². The van der Waals surface area contributed by atoms with Gasteiger partial charge in [0.15, 0.2) is 10.8 Å². The summed E-state index contributed by atoms with van der Waals surface area (Å²) in [4.78, 5) is 30.2. The molecular weight excluding hydrogens is 374 g/mol. The van der Waals surface area contributed by atoms with E-state index in [1.165, 1.54) is 18.4 Å². The molecule has 3 aromatic rings. The highest BCUT2D eigenvalue weighted by Gasteiger charge is 2.25. The van der Waals surface area contributed by atoms with E-state index in [9.17, 15) is 9.59 Å². The zero-order valence-corrected chi connectivity index (χ0v) is 16.9. The Morgan fingerprint density at radius 2 is 1.82 bits per heavy atom. The van der Waals surface area contributed by atoms with Gasteiger partial charge in [0.2, 0.25) is 5.91 Å². The molecule has 146 valence electrons. The molecule has 1 N–H and O–H groups in total. The minimum absolute atomic E-state index is 0.158. The fourth-order valence-corrected chi connectivity index (χ4v) is 3.91. The molecule has 0 bridgehead atoms. The topological polar surface area (TPSA) is 73.2 Å². The first-order valence-corrected chi connectivity index (χ1v) is 9.89. The number of thiazole rings is 1. The van der Waals surface area contributed by atoms with Crippen LogP contribution < -0.4 is 5.32 Å². The number of amides is 1. The van der Waals surface area contributed by atoms with Crippen molar-refractivity contribution in [1.29, 1.82) is 0 Å². The van der Waals surface area contributed by atoms with Crippen LogP contribution in [0.2, 0.25) is 0 Å². The van der Waals surface area contributed by atoms with E-state index in [2.05, 4.69) is 24.1 Å². The van der Waals surface area contributed by atoms with E-state index in [-0.39, 0.29) is 17.6 Å². The second kappa shape index (κ2) is 8.84. The molecule has 0 aliphatic heterocycles. The molecule has 1 amide bonds. The fourth-order valence-electron chi connectivity index (χ4n) is 2.95. The maximum absolute atomic E-state index is 13.0. The van der Waals surface area contributed by atoms with E-state index in [1.54, 1.807) is 0 Å². The molecule has 0 aliphatic rings. The minimum atomic E-state index is -0.528. The van der Waals surface area contributed by atoms with Gasteiger partial charge in [0, 0.05) is 12.4 Å². The summed E-state index contributed by atoms with van der Waals surface area (Å²) in [5.74, 6) is -0.339. The van der Waals surface area contributed by atoms with Gasteiger partial charge in [0.05, 0.1) is 12.0 Å². The Kier molecular flexibility index (Phi) is 6.26. The Bertz CT molecular complexity index is 933. The highest BCUT2D eigenvalue weighted by atomic mass is 32.1. The van der Waals surface area contributed by atoms with Crippen LogP contribution in [-0.2, 0) is 9.53 Å². The summed E-state index contributed by atoms with van der Waals surface area (Å²) in [6.45, 7) is 4.16. The van der Waals surface area contributed by atoms with Gasteiger partial charge < -0.3 is 14.6 Å². The largest absolute Gasteiger partial charge is 0.464 e. The summed E-state index contributed by atoms with van der Waals surface area (Å²) < 4.78 is 6.76. The molecule has 28 heavy (non-hydrogen) atoms. The summed E-state index contributed by atoms with van der Waals surface area (Å²) in [6.07, 6.45) is 4.45. The number of carbonyl (C=O) groups excluding carboxylic acids is 2. The van der Waals surface area contributed by atoms with Crippen molar-refractivity contribution in [1.82, 2.24) is 9.55 Å². The molecule has 0 radical (unpaired) electrons. The number of rotatable bonds is 7. The minimum Gasteiger partial charge on any atom is -0.464 e. The lowest BCUT2D eigenvalue weighted by atomic mass is 10.0. The number of esters is 1. The molecule has 1 atom stereocenters. The highest BCUT2D eigenvalue weighted by Crippen LogP contribution is 2.34. The maximum atomic E-state index is 13.0. The number of aromatic nitrogens is 2. The van der Waals surface area contributed by atoms with Crippen LogP contribution in [0.15, 0.2) is 54.9 Å². The molecule has 6 nitrogen and oxygen atoms in total. The van der Waals surface area contributed by atoms with Crippen LogP contribution in [-0.4, -0.2) is 28.5 Å². The summed E-state index contributed by atoms with van der Waals surface area (Å²) >= 11 is 1.27. The smallest absolute Gasteiger partial charge is 0.358 e. The van der Waals surface area contributed by atoms with E-state index in [0.717, 1.165) is 5.56 Å². The average Bonchev–Trinajstić information content (AvgIpc) is 3.36. The summed E-state index contributed by atoms with van der Waals surface area (Å²) in [5.41, 5.74) is 1.06. The van der Waals surface area contributed by atoms with Crippen molar-refractivity contribution in [3.8, 4) is 10.4 Å². The van der Waals surface area contributed by atoms with Crippen LogP contribution in [0.25, 0.3) is 10.4 Å². The standard InChI is InChI=1S/C21H23N3O3S/c1-14(2)13-16(24-11-7-8-12-24)19(25)23-21-22-17(20(26)27-3)18(28-21)15-9-5-4-6-10-15/h4-12,14,16H,13H2,1-3H3,(H,22,23,25). The molecule has 7 heteroatoms. The first kappa shape index (κ1) is 19.8. The number of anilines is 1. The predicted molar refractivity (Wildman–Crippen MR) is 110 cm³/mol. The van der Waals surface area contributed by atoms with Gasteiger partial charge in [-0.2, -0.15) is 0 Å². The maximum Gasteiger partial charge on any atom is 0.358 e. The summed E-state index contributed by atoms with van der Waals surface area (Å²) in [7, 11) is 1.32. The number of hydrogen-bond donors (Lipinski definition) is 1. The average molecular weight is 398 g/mol. The van der Waals surface area contributed by atoms with E-state index in [4.69, 9.17) is 4.74 Å². The zero-order chi connectivity index (χ0) is 20.1. The van der Waals surface area contributed by atoms with E-state index < -0.39 is 5.97 Å². The summed E-state index contributed by atoms with van der Waals surface area (Å²) in [5, 5.41) is 3.26. The summed E-state index contributed by atoms with van der Waals surface area (Å²) in [6, 6.07) is 12.9. The lowest BCUT2D eigenvalue weighted by molar-refractivity contribution is -0.119. The molecule has 1 aromatic carbocycles. The second-order valence-corrected chi connectivity index (χ2v) is 7.82. The molecule has 0 fully saturated rings. The number of benzene rings is 1. The number of nitrogens with zero attached hydrogens (tertiary/aromatic N) is 2. The van der Waals surface area contributed by atoms with Crippen LogP contribution in [0, 0.1) is 5.92 Å². The van der Waals surface area contributed by atoms with Crippen LogP contribution >= 0.6 is 11.3 Å². The second-order valence-electron chi connectivity index (χ2n) is 6.82. The molecular formula is C21H23N3O3S. The lowest BCUT2D eigenvalue weighted by Crippen LogP contribution is -2.26. The van der Waals surface area contributed by atoms with Crippen LogP contribution in [0.3, 0.4) is 0 Å². The molecule has 0 saturated heterocycles. The third-order valence-electron chi connectivity index (χ3n) is 4.26. The van der Waals surface area contributed by atoms with Crippen LogP contribution in [0.5, 0.6) is 0 Å². The molecule has 3 rings (SSSR count). The Labute approximate surface area is 168 Å². The van der Waals surface area contributed by atoms with E-state index >= 15 is 0 Å².